The van der Waals surface area contributed by atoms with Crippen LogP contribution in [0.25, 0.3) is 0 Å². The number of rotatable bonds is 5. The van der Waals surface area contributed by atoms with Gasteiger partial charge in [0.15, 0.2) is 5.78 Å². The first kappa shape index (κ1) is 18.4. The molecule has 2 heterocycles. The summed E-state index contributed by atoms with van der Waals surface area (Å²) in [7, 11) is 0. The van der Waals surface area contributed by atoms with Gasteiger partial charge in [-0.05, 0) is 30.6 Å². The van der Waals surface area contributed by atoms with Crippen molar-refractivity contribution in [2.45, 2.75) is 65.5 Å². The summed E-state index contributed by atoms with van der Waals surface area (Å²) in [6.45, 7) is 9.96. The maximum absolute atomic E-state index is 13.1. The molecule has 2 fully saturated rings. The van der Waals surface area contributed by atoms with Crippen LogP contribution in [-0.4, -0.2) is 48.4 Å². The van der Waals surface area contributed by atoms with Gasteiger partial charge in [0, 0.05) is 25.7 Å². The Balaban J connectivity index is 2.17. The first-order chi connectivity index (χ1) is 10.8. The second-order valence-electron chi connectivity index (χ2n) is 7.73. The highest BCUT2D eigenvalue weighted by Crippen LogP contribution is 2.36. The molecule has 2 N–H and O–H groups in total. The molecular formula is C18H32N2O3. The van der Waals surface area contributed by atoms with Crippen molar-refractivity contribution in [3.05, 3.63) is 0 Å². The molecule has 23 heavy (non-hydrogen) atoms. The monoisotopic (exact) mass is 324 g/mol. The number of amides is 1. The predicted octanol–water partition coefficient (Wildman–Crippen LogP) is 1.98. The third kappa shape index (κ3) is 3.61. The predicted molar refractivity (Wildman–Crippen MR) is 89.9 cm³/mol. The van der Waals surface area contributed by atoms with Gasteiger partial charge in [0.2, 0.25) is 5.91 Å². The molecule has 0 aliphatic carbocycles. The Morgan fingerprint density at radius 2 is 1.91 bits per heavy atom. The van der Waals surface area contributed by atoms with E-state index in [0.717, 1.165) is 25.7 Å². The normalized spacial score (nSPS) is 28.9. The lowest BCUT2D eigenvalue weighted by Gasteiger charge is -2.40. The Kier molecular flexibility index (Phi) is 5.84. The maximum Gasteiger partial charge on any atom is 0.240 e. The highest BCUT2D eigenvalue weighted by atomic mass is 16.5. The molecule has 0 bridgehead atoms. The van der Waals surface area contributed by atoms with Crippen LogP contribution in [0.15, 0.2) is 0 Å². The van der Waals surface area contributed by atoms with Crippen molar-refractivity contribution >= 4 is 11.7 Å². The van der Waals surface area contributed by atoms with Gasteiger partial charge in [0.25, 0.3) is 0 Å². The van der Waals surface area contributed by atoms with Crippen LogP contribution >= 0.6 is 0 Å². The highest BCUT2D eigenvalue weighted by Gasteiger charge is 2.46. The zero-order valence-corrected chi connectivity index (χ0v) is 15.0. The average molecular weight is 324 g/mol. The summed E-state index contributed by atoms with van der Waals surface area (Å²) in [5, 5.41) is 0. The van der Waals surface area contributed by atoms with Crippen LogP contribution in [0.5, 0.6) is 0 Å². The molecule has 132 valence electrons. The second-order valence-corrected chi connectivity index (χ2v) is 7.73. The van der Waals surface area contributed by atoms with Gasteiger partial charge in [-0.3, -0.25) is 9.59 Å². The molecule has 5 nitrogen and oxygen atoms in total. The minimum Gasteiger partial charge on any atom is -0.381 e. The van der Waals surface area contributed by atoms with Crippen molar-refractivity contribution in [2.75, 3.05) is 19.8 Å². The van der Waals surface area contributed by atoms with E-state index in [4.69, 9.17) is 10.5 Å². The fourth-order valence-electron chi connectivity index (χ4n) is 3.88. The summed E-state index contributed by atoms with van der Waals surface area (Å²) in [4.78, 5) is 27.5. The molecule has 0 aromatic carbocycles. The van der Waals surface area contributed by atoms with E-state index in [2.05, 4.69) is 13.8 Å². The van der Waals surface area contributed by atoms with Crippen LogP contribution in [0.4, 0.5) is 0 Å². The van der Waals surface area contributed by atoms with Gasteiger partial charge in [-0.1, -0.05) is 34.1 Å². The fraction of sp³-hybridized carbons (Fsp3) is 0.889. The topological polar surface area (TPSA) is 72.6 Å². The van der Waals surface area contributed by atoms with E-state index in [9.17, 15) is 9.59 Å². The van der Waals surface area contributed by atoms with E-state index in [0.29, 0.717) is 19.8 Å². The molecule has 5 heteroatoms. The van der Waals surface area contributed by atoms with Crippen molar-refractivity contribution in [3.8, 4) is 0 Å². The number of nitrogens with zero attached hydrogens (tertiary/aromatic N) is 1. The standard InChI is InChI=1S/C18H32N2O3/c1-5-13-6-9-20(14(13)15(21)12(2)3)17(22)16(19)18(4)7-10-23-11-8-18/h12-14,16H,5-11,19H2,1-4H3/t13-,14+,16?/m1/s1. The Hall–Kier alpha value is -0.940. The average Bonchev–Trinajstić information content (AvgIpc) is 2.97. The molecule has 2 aliphatic rings. The third-order valence-corrected chi connectivity index (χ3v) is 5.84. The van der Waals surface area contributed by atoms with Crippen LogP contribution < -0.4 is 5.73 Å². The molecule has 0 spiro atoms. The lowest BCUT2D eigenvalue weighted by molar-refractivity contribution is -0.144. The quantitative estimate of drug-likeness (QED) is 0.839. The van der Waals surface area contributed by atoms with E-state index in [-0.39, 0.29) is 35.0 Å². The zero-order chi connectivity index (χ0) is 17.2. The first-order valence-electron chi connectivity index (χ1n) is 8.99. The summed E-state index contributed by atoms with van der Waals surface area (Å²) in [5.41, 5.74) is 6.14. The third-order valence-electron chi connectivity index (χ3n) is 5.84. The number of ether oxygens (including phenoxy) is 1. The molecular weight excluding hydrogens is 292 g/mol. The molecule has 2 saturated heterocycles. The minimum atomic E-state index is -0.551. The lowest BCUT2D eigenvalue weighted by Crippen LogP contribution is -2.57. The highest BCUT2D eigenvalue weighted by molar-refractivity contribution is 5.93. The molecule has 2 rings (SSSR count). The van der Waals surface area contributed by atoms with Crippen molar-refractivity contribution in [1.82, 2.24) is 4.90 Å². The van der Waals surface area contributed by atoms with Gasteiger partial charge >= 0.3 is 0 Å². The summed E-state index contributed by atoms with van der Waals surface area (Å²) < 4.78 is 5.41. The summed E-state index contributed by atoms with van der Waals surface area (Å²) >= 11 is 0. The molecule has 0 radical (unpaired) electrons. The van der Waals surface area contributed by atoms with E-state index in [1.165, 1.54) is 0 Å². The van der Waals surface area contributed by atoms with Gasteiger partial charge in [-0.15, -0.1) is 0 Å². The van der Waals surface area contributed by atoms with Gasteiger partial charge in [0.05, 0.1) is 12.1 Å². The Labute approximate surface area is 139 Å². The molecule has 3 atom stereocenters. The summed E-state index contributed by atoms with van der Waals surface area (Å²) in [5.74, 6) is 0.331. The van der Waals surface area contributed by atoms with Crippen LogP contribution in [0.3, 0.4) is 0 Å². The fourth-order valence-corrected chi connectivity index (χ4v) is 3.88. The Bertz CT molecular complexity index is 444. The molecule has 1 amide bonds. The van der Waals surface area contributed by atoms with Gasteiger partial charge in [-0.25, -0.2) is 0 Å². The summed E-state index contributed by atoms with van der Waals surface area (Å²) in [6.07, 6.45) is 3.42. The van der Waals surface area contributed by atoms with E-state index in [1.54, 1.807) is 4.90 Å². The number of nitrogens with two attached hydrogens (primary N) is 1. The molecule has 1 unspecified atom stereocenters. The van der Waals surface area contributed by atoms with Crippen LogP contribution in [0.1, 0.15) is 53.4 Å². The smallest absolute Gasteiger partial charge is 0.240 e. The molecule has 0 aromatic rings. The van der Waals surface area contributed by atoms with Crippen molar-refractivity contribution in [2.24, 2.45) is 23.0 Å². The van der Waals surface area contributed by atoms with Crippen LogP contribution in [0.2, 0.25) is 0 Å². The number of carbonyl (C=O) groups excluding carboxylic acids is 2. The first-order valence-corrected chi connectivity index (χ1v) is 8.99. The maximum atomic E-state index is 13.1. The van der Waals surface area contributed by atoms with Crippen LogP contribution in [-0.2, 0) is 14.3 Å². The van der Waals surface area contributed by atoms with Gasteiger partial charge in [0.1, 0.15) is 0 Å². The SMILES string of the molecule is CC[C@@H]1CCN(C(=O)C(N)C2(C)CCOCC2)[C@@H]1C(=O)C(C)C. The van der Waals surface area contributed by atoms with Crippen LogP contribution in [0, 0.1) is 17.3 Å². The number of carbonyl (C=O) groups is 2. The Morgan fingerprint density at radius 1 is 1.30 bits per heavy atom. The Morgan fingerprint density at radius 3 is 2.43 bits per heavy atom. The molecule has 0 saturated carbocycles. The van der Waals surface area contributed by atoms with Gasteiger partial charge < -0.3 is 15.4 Å². The summed E-state index contributed by atoms with van der Waals surface area (Å²) in [6, 6.07) is -0.841. The van der Waals surface area contributed by atoms with E-state index in [1.807, 2.05) is 13.8 Å². The van der Waals surface area contributed by atoms with Crippen molar-refractivity contribution in [1.29, 1.82) is 0 Å². The number of ketones is 1. The minimum absolute atomic E-state index is 0.0515. The zero-order valence-electron chi connectivity index (χ0n) is 15.0. The molecule has 0 aromatic heterocycles. The van der Waals surface area contributed by atoms with Crippen molar-refractivity contribution < 1.29 is 14.3 Å². The van der Waals surface area contributed by atoms with E-state index >= 15 is 0 Å². The van der Waals surface area contributed by atoms with E-state index < -0.39 is 6.04 Å². The second kappa shape index (κ2) is 7.31. The van der Waals surface area contributed by atoms with Gasteiger partial charge in [-0.2, -0.15) is 0 Å². The lowest BCUT2D eigenvalue weighted by atomic mass is 9.75. The molecule has 2 aliphatic heterocycles. The number of hydrogen-bond acceptors (Lipinski definition) is 4. The number of hydrogen-bond donors (Lipinski definition) is 1. The largest absolute Gasteiger partial charge is 0.381 e. The number of likely N-dealkylation sites (tertiary alicyclic amines) is 1. The van der Waals surface area contributed by atoms with Crippen molar-refractivity contribution in [3.63, 3.8) is 0 Å². The number of Topliss-reactive ketones (excluding diaryl/α,β-unsaturated/α-hetero) is 1.